The Balaban J connectivity index is 1.53. The van der Waals surface area contributed by atoms with E-state index in [1.807, 2.05) is 0 Å². The molecule has 0 unspecified atom stereocenters. The number of benzene rings is 2. The molecule has 4 rings (SSSR count). The van der Waals surface area contributed by atoms with E-state index in [-0.39, 0.29) is 5.91 Å². The molecule has 0 bridgehead atoms. The number of fused-ring (bicyclic) bond motifs is 1. The molecule has 2 heterocycles. The normalized spacial score (nSPS) is 12.7. The average Bonchev–Trinajstić information content (AvgIpc) is 3.17. The monoisotopic (exact) mass is 357 g/mol. The van der Waals surface area contributed by atoms with E-state index >= 15 is 0 Å². The van der Waals surface area contributed by atoms with Crippen LogP contribution in [-0.4, -0.2) is 39.3 Å². The zero-order chi connectivity index (χ0) is 17.2. The van der Waals surface area contributed by atoms with Crippen molar-refractivity contribution in [1.29, 1.82) is 0 Å². The molecule has 1 amide bonds. The van der Waals surface area contributed by atoms with E-state index in [0.717, 1.165) is 5.69 Å². The minimum Gasteiger partial charge on any atom is -0.486 e. The SMILES string of the molecule is O=C(Nc1ccc(-n2cnnn2)cc1)c1cc(Cl)c2c(c1)OCCO2. The van der Waals surface area contributed by atoms with Gasteiger partial charge < -0.3 is 14.8 Å². The molecule has 2 aromatic carbocycles. The number of tetrazole rings is 1. The van der Waals surface area contributed by atoms with Crippen LogP contribution in [0.5, 0.6) is 11.5 Å². The van der Waals surface area contributed by atoms with Crippen molar-refractivity contribution in [2.45, 2.75) is 0 Å². The van der Waals surface area contributed by atoms with Gasteiger partial charge in [0.25, 0.3) is 5.91 Å². The molecule has 1 N–H and O–H groups in total. The van der Waals surface area contributed by atoms with Crippen molar-refractivity contribution in [3.8, 4) is 17.2 Å². The van der Waals surface area contributed by atoms with Gasteiger partial charge in [-0.25, -0.2) is 4.68 Å². The minimum absolute atomic E-state index is 0.297. The topological polar surface area (TPSA) is 91.2 Å². The quantitative estimate of drug-likeness (QED) is 0.773. The van der Waals surface area contributed by atoms with Gasteiger partial charge in [0, 0.05) is 11.3 Å². The van der Waals surface area contributed by atoms with E-state index in [4.69, 9.17) is 21.1 Å². The van der Waals surface area contributed by atoms with Crippen LogP contribution in [0.15, 0.2) is 42.7 Å². The molecule has 126 valence electrons. The molecule has 1 aromatic heterocycles. The number of nitrogens with one attached hydrogen (secondary N) is 1. The van der Waals surface area contributed by atoms with Gasteiger partial charge >= 0.3 is 0 Å². The van der Waals surface area contributed by atoms with E-state index in [1.54, 1.807) is 36.4 Å². The van der Waals surface area contributed by atoms with Gasteiger partial charge in [0.1, 0.15) is 19.5 Å². The summed E-state index contributed by atoms with van der Waals surface area (Å²) >= 11 is 6.17. The third kappa shape index (κ3) is 3.11. The zero-order valence-electron chi connectivity index (χ0n) is 12.8. The Bertz CT molecular complexity index is 912. The van der Waals surface area contributed by atoms with Crippen LogP contribution >= 0.6 is 11.6 Å². The fourth-order valence-corrected chi connectivity index (χ4v) is 2.69. The number of carbonyl (C=O) groups excluding carboxylic acids is 1. The van der Waals surface area contributed by atoms with Crippen LogP contribution in [0.2, 0.25) is 5.02 Å². The summed E-state index contributed by atoms with van der Waals surface area (Å²) in [7, 11) is 0. The molecule has 1 aliphatic rings. The Kier molecular flexibility index (Phi) is 3.95. The van der Waals surface area contributed by atoms with E-state index in [0.29, 0.717) is 41.0 Å². The second-order valence-electron chi connectivity index (χ2n) is 5.24. The molecule has 8 nitrogen and oxygen atoms in total. The van der Waals surface area contributed by atoms with Gasteiger partial charge in [0.2, 0.25) is 0 Å². The van der Waals surface area contributed by atoms with Crippen LogP contribution in [-0.2, 0) is 0 Å². The molecule has 0 spiro atoms. The number of nitrogens with zero attached hydrogens (tertiary/aromatic N) is 4. The number of aromatic nitrogens is 4. The number of rotatable bonds is 3. The van der Waals surface area contributed by atoms with Gasteiger partial charge in [-0.15, -0.1) is 5.10 Å². The number of hydrogen-bond donors (Lipinski definition) is 1. The van der Waals surface area contributed by atoms with Crippen LogP contribution in [0.25, 0.3) is 5.69 Å². The van der Waals surface area contributed by atoms with Crippen molar-refractivity contribution < 1.29 is 14.3 Å². The summed E-state index contributed by atoms with van der Waals surface area (Å²) < 4.78 is 12.5. The number of carbonyl (C=O) groups is 1. The largest absolute Gasteiger partial charge is 0.486 e. The predicted molar refractivity (Wildman–Crippen MR) is 89.5 cm³/mol. The molecule has 3 aromatic rings. The van der Waals surface area contributed by atoms with Gasteiger partial charge in [-0.3, -0.25) is 4.79 Å². The number of amides is 1. The van der Waals surface area contributed by atoms with Crippen LogP contribution in [0, 0.1) is 0 Å². The van der Waals surface area contributed by atoms with Crippen molar-refractivity contribution in [3.05, 3.63) is 53.3 Å². The molecule has 0 atom stereocenters. The van der Waals surface area contributed by atoms with Crippen LogP contribution in [0.4, 0.5) is 5.69 Å². The molecule has 0 saturated heterocycles. The average molecular weight is 358 g/mol. The van der Waals surface area contributed by atoms with Crippen molar-refractivity contribution in [2.75, 3.05) is 18.5 Å². The highest BCUT2D eigenvalue weighted by Gasteiger charge is 2.19. The lowest BCUT2D eigenvalue weighted by Crippen LogP contribution is -2.17. The standard InChI is InChI=1S/C16H12ClN5O3/c17-13-7-10(8-14-15(13)25-6-5-24-14)16(23)19-11-1-3-12(4-2-11)22-9-18-20-21-22/h1-4,7-9H,5-6H2,(H,19,23). The zero-order valence-corrected chi connectivity index (χ0v) is 13.6. The maximum Gasteiger partial charge on any atom is 0.255 e. The predicted octanol–water partition coefficient (Wildman–Crippen LogP) is 2.34. The second kappa shape index (κ2) is 6.40. The molecule has 9 heteroatoms. The molecule has 1 aliphatic heterocycles. The molecular formula is C16H12ClN5O3. The highest BCUT2D eigenvalue weighted by Crippen LogP contribution is 2.38. The lowest BCUT2D eigenvalue weighted by atomic mass is 10.1. The van der Waals surface area contributed by atoms with Crippen LogP contribution < -0.4 is 14.8 Å². The minimum atomic E-state index is -0.297. The van der Waals surface area contributed by atoms with Crippen molar-refractivity contribution >= 4 is 23.2 Å². The second-order valence-corrected chi connectivity index (χ2v) is 5.64. The van der Waals surface area contributed by atoms with Gasteiger partial charge in [-0.05, 0) is 46.8 Å². The van der Waals surface area contributed by atoms with Crippen LogP contribution in [0.1, 0.15) is 10.4 Å². The third-order valence-electron chi connectivity index (χ3n) is 3.60. The summed E-state index contributed by atoms with van der Waals surface area (Å²) in [6.07, 6.45) is 1.49. The highest BCUT2D eigenvalue weighted by atomic mass is 35.5. The maximum absolute atomic E-state index is 12.5. The Morgan fingerprint density at radius 3 is 2.72 bits per heavy atom. The number of ether oxygens (including phenoxy) is 2. The molecule has 0 radical (unpaired) electrons. The summed E-state index contributed by atoms with van der Waals surface area (Å²) in [5.41, 5.74) is 1.80. The summed E-state index contributed by atoms with van der Waals surface area (Å²) in [6.45, 7) is 0.860. The Morgan fingerprint density at radius 2 is 1.96 bits per heavy atom. The molecule has 0 fully saturated rings. The van der Waals surface area contributed by atoms with E-state index in [1.165, 1.54) is 11.0 Å². The van der Waals surface area contributed by atoms with Crippen molar-refractivity contribution in [2.24, 2.45) is 0 Å². The number of halogens is 1. The molecular weight excluding hydrogens is 346 g/mol. The number of anilines is 1. The van der Waals surface area contributed by atoms with Gasteiger partial charge in [-0.1, -0.05) is 11.6 Å². The van der Waals surface area contributed by atoms with Gasteiger partial charge in [0.15, 0.2) is 11.5 Å². The first-order valence-electron chi connectivity index (χ1n) is 7.44. The first-order chi connectivity index (χ1) is 12.2. The van der Waals surface area contributed by atoms with E-state index in [9.17, 15) is 4.79 Å². The van der Waals surface area contributed by atoms with Crippen molar-refractivity contribution in [1.82, 2.24) is 20.2 Å². The lowest BCUT2D eigenvalue weighted by molar-refractivity contribution is 0.102. The van der Waals surface area contributed by atoms with E-state index < -0.39 is 0 Å². The highest BCUT2D eigenvalue weighted by molar-refractivity contribution is 6.32. The van der Waals surface area contributed by atoms with Crippen molar-refractivity contribution in [3.63, 3.8) is 0 Å². The maximum atomic E-state index is 12.5. The lowest BCUT2D eigenvalue weighted by Gasteiger charge is -2.20. The summed E-state index contributed by atoms with van der Waals surface area (Å²) in [4.78, 5) is 12.5. The summed E-state index contributed by atoms with van der Waals surface area (Å²) in [6, 6.07) is 10.3. The third-order valence-corrected chi connectivity index (χ3v) is 3.88. The van der Waals surface area contributed by atoms with Gasteiger partial charge in [0.05, 0.1) is 10.7 Å². The Morgan fingerprint density at radius 1 is 1.16 bits per heavy atom. The number of hydrogen-bond acceptors (Lipinski definition) is 6. The Hall–Kier alpha value is -3.13. The van der Waals surface area contributed by atoms with Gasteiger partial charge in [-0.2, -0.15) is 0 Å². The first-order valence-corrected chi connectivity index (χ1v) is 7.82. The Labute approximate surface area is 147 Å². The smallest absolute Gasteiger partial charge is 0.255 e. The summed E-state index contributed by atoms with van der Waals surface area (Å²) in [5, 5.41) is 14.1. The first kappa shape index (κ1) is 15.4. The fraction of sp³-hybridized carbons (Fsp3) is 0.125. The molecule has 0 saturated carbocycles. The van der Waals surface area contributed by atoms with E-state index in [2.05, 4.69) is 20.8 Å². The molecule has 0 aliphatic carbocycles. The fourth-order valence-electron chi connectivity index (χ4n) is 2.42. The van der Waals surface area contributed by atoms with Crippen LogP contribution in [0.3, 0.4) is 0 Å². The summed E-state index contributed by atoms with van der Waals surface area (Å²) in [5.74, 6) is 0.641. The molecule has 25 heavy (non-hydrogen) atoms.